The van der Waals surface area contributed by atoms with Crippen molar-refractivity contribution >= 4 is 27.6 Å². The molecule has 0 aliphatic carbocycles. The molecule has 0 radical (unpaired) electrons. The van der Waals surface area contributed by atoms with Crippen molar-refractivity contribution in [3.63, 3.8) is 0 Å². The third-order valence-electron chi connectivity index (χ3n) is 4.23. The van der Waals surface area contributed by atoms with Gasteiger partial charge < -0.3 is 18.2 Å². The van der Waals surface area contributed by atoms with Crippen LogP contribution in [0.4, 0.5) is 4.39 Å². The van der Waals surface area contributed by atoms with Crippen molar-refractivity contribution in [2.45, 2.75) is 18.0 Å². The van der Waals surface area contributed by atoms with Crippen molar-refractivity contribution in [3.05, 3.63) is 83.0 Å². The van der Waals surface area contributed by atoms with Crippen LogP contribution < -0.4 is 4.18 Å². The number of amides is 1. The number of carbonyl (C=O) groups is 1. The van der Waals surface area contributed by atoms with Gasteiger partial charge in [-0.25, -0.2) is 4.39 Å². The summed E-state index contributed by atoms with van der Waals surface area (Å²) < 4.78 is 54.0. The molecule has 7 nitrogen and oxygen atoms in total. The maximum absolute atomic E-state index is 13.1. The van der Waals surface area contributed by atoms with Gasteiger partial charge in [0, 0.05) is 24.2 Å². The van der Waals surface area contributed by atoms with Crippen molar-refractivity contribution in [2.75, 3.05) is 13.7 Å². The highest BCUT2D eigenvalue weighted by Gasteiger charge is 2.22. The maximum atomic E-state index is 13.1. The van der Waals surface area contributed by atoms with E-state index in [0.29, 0.717) is 16.3 Å². The molecule has 0 fully saturated rings. The average Bonchev–Trinajstić information content (AvgIpc) is 3.23. The second-order valence-corrected chi connectivity index (χ2v) is 8.49. The Kier molecular flexibility index (Phi) is 7.32. The smallest absolute Gasteiger partial charge is 0.339 e. The molecule has 1 heterocycles. The van der Waals surface area contributed by atoms with Crippen molar-refractivity contribution in [3.8, 4) is 5.75 Å². The van der Waals surface area contributed by atoms with Crippen LogP contribution in [-0.2, 0) is 32.7 Å². The number of benzene rings is 2. The predicted molar refractivity (Wildman–Crippen MR) is 111 cm³/mol. The Morgan fingerprint density at radius 2 is 1.87 bits per heavy atom. The van der Waals surface area contributed by atoms with Gasteiger partial charge in [0.1, 0.15) is 28.8 Å². The Hall–Kier alpha value is -2.88. The number of hydrogen-bond donors (Lipinski definition) is 0. The number of methoxy groups -OCH3 is 1. The normalized spacial score (nSPS) is 11.3. The van der Waals surface area contributed by atoms with Crippen LogP contribution >= 0.6 is 11.6 Å². The summed E-state index contributed by atoms with van der Waals surface area (Å²) in [5, 5.41) is 0.332. The molecular weight excluding hydrogens is 449 g/mol. The molecule has 0 spiro atoms. The van der Waals surface area contributed by atoms with Crippen LogP contribution in [0.5, 0.6) is 5.75 Å². The lowest BCUT2D eigenvalue weighted by atomic mass is 10.2. The largest absolute Gasteiger partial charge is 0.467 e. The molecule has 0 atom stereocenters. The van der Waals surface area contributed by atoms with E-state index in [1.54, 1.807) is 12.1 Å². The molecule has 0 saturated carbocycles. The van der Waals surface area contributed by atoms with Crippen LogP contribution in [0.2, 0.25) is 5.02 Å². The molecule has 0 N–H and O–H groups in total. The fourth-order valence-electron chi connectivity index (χ4n) is 2.76. The van der Waals surface area contributed by atoms with E-state index >= 15 is 0 Å². The fraction of sp³-hybridized carbons (Fsp3) is 0.190. The van der Waals surface area contributed by atoms with E-state index in [0.717, 1.165) is 24.3 Å². The highest BCUT2D eigenvalue weighted by atomic mass is 35.5. The molecule has 0 aliphatic rings. The second-order valence-electron chi connectivity index (χ2n) is 6.51. The molecule has 3 rings (SSSR count). The Balaban J connectivity index is 1.90. The summed E-state index contributed by atoms with van der Waals surface area (Å²) in [6, 6.07) is 12.0. The molecular formula is C21H19ClFNO6S. The van der Waals surface area contributed by atoms with Crippen molar-refractivity contribution in [1.82, 2.24) is 4.90 Å². The summed E-state index contributed by atoms with van der Waals surface area (Å²) in [4.78, 5) is 13.8. The Morgan fingerprint density at radius 1 is 1.13 bits per heavy atom. The molecule has 10 heteroatoms. The number of rotatable bonds is 9. The number of carbonyl (C=O) groups excluding carboxylic acids is 1. The van der Waals surface area contributed by atoms with Gasteiger partial charge in [0.2, 0.25) is 5.91 Å². The Bertz CT molecular complexity index is 1130. The van der Waals surface area contributed by atoms with Crippen LogP contribution in [-0.4, -0.2) is 32.9 Å². The van der Waals surface area contributed by atoms with Crippen LogP contribution in [0.3, 0.4) is 0 Å². The molecule has 2 aromatic carbocycles. The third-order valence-corrected chi connectivity index (χ3v) is 5.72. The first kappa shape index (κ1) is 22.8. The zero-order chi connectivity index (χ0) is 22.4. The van der Waals surface area contributed by atoms with Gasteiger partial charge in [0.15, 0.2) is 0 Å². The van der Waals surface area contributed by atoms with Gasteiger partial charge in [-0.05, 0) is 54.6 Å². The highest BCUT2D eigenvalue weighted by molar-refractivity contribution is 7.87. The van der Waals surface area contributed by atoms with E-state index in [-0.39, 0.29) is 36.2 Å². The highest BCUT2D eigenvalue weighted by Crippen LogP contribution is 2.28. The molecule has 0 aliphatic heterocycles. The Morgan fingerprint density at radius 3 is 2.52 bits per heavy atom. The second kappa shape index (κ2) is 9.95. The summed E-state index contributed by atoms with van der Waals surface area (Å²) in [7, 11) is -2.84. The summed E-state index contributed by atoms with van der Waals surface area (Å²) in [5.41, 5.74) is 0.356. The van der Waals surface area contributed by atoms with Gasteiger partial charge in [-0.3, -0.25) is 4.79 Å². The van der Waals surface area contributed by atoms with E-state index in [4.69, 9.17) is 24.9 Å². The third kappa shape index (κ3) is 6.06. The molecule has 164 valence electrons. The minimum atomic E-state index is -4.24. The number of ether oxygens (including phenoxy) is 1. The number of halogens is 2. The Labute approximate surface area is 184 Å². The van der Waals surface area contributed by atoms with Crippen LogP contribution in [0.1, 0.15) is 11.3 Å². The topological polar surface area (TPSA) is 86.0 Å². The summed E-state index contributed by atoms with van der Waals surface area (Å²) in [6.07, 6.45) is 1.48. The molecule has 0 bridgehead atoms. The first-order chi connectivity index (χ1) is 14.8. The first-order valence-corrected chi connectivity index (χ1v) is 10.8. The van der Waals surface area contributed by atoms with E-state index in [1.165, 1.54) is 36.5 Å². The van der Waals surface area contributed by atoms with E-state index in [2.05, 4.69) is 0 Å². The van der Waals surface area contributed by atoms with Gasteiger partial charge in [-0.1, -0.05) is 11.6 Å². The molecule has 1 aromatic heterocycles. The lowest BCUT2D eigenvalue weighted by molar-refractivity contribution is -0.136. The van der Waals surface area contributed by atoms with Gasteiger partial charge in [-0.15, -0.1) is 0 Å². The molecule has 1 amide bonds. The van der Waals surface area contributed by atoms with Gasteiger partial charge in [-0.2, -0.15) is 8.42 Å². The number of nitrogens with zero attached hydrogens (tertiary/aromatic N) is 1. The van der Waals surface area contributed by atoms with Crippen molar-refractivity contribution in [1.29, 1.82) is 0 Å². The number of furan rings is 1. The van der Waals surface area contributed by atoms with Gasteiger partial charge in [0.05, 0.1) is 12.8 Å². The molecule has 0 unspecified atom stereocenters. The summed E-state index contributed by atoms with van der Waals surface area (Å²) in [6.45, 7) is -0.0606. The van der Waals surface area contributed by atoms with Crippen LogP contribution in [0, 0.1) is 5.82 Å². The predicted octanol–water partition coefficient (Wildman–Crippen LogP) is 4.02. The average molecular weight is 468 g/mol. The van der Waals surface area contributed by atoms with Crippen molar-refractivity contribution in [2.24, 2.45) is 0 Å². The zero-order valence-electron chi connectivity index (χ0n) is 16.5. The van der Waals surface area contributed by atoms with Crippen LogP contribution in [0.25, 0.3) is 0 Å². The van der Waals surface area contributed by atoms with Crippen molar-refractivity contribution < 1.29 is 30.9 Å². The molecule has 3 aromatic rings. The summed E-state index contributed by atoms with van der Waals surface area (Å²) >= 11 is 6.10. The lowest BCUT2D eigenvalue weighted by Gasteiger charge is -2.23. The van der Waals surface area contributed by atoms with Gasteiger partial charge >= 0.3 is 10.1 Å². The SMILES string of the molecule is COCC(=O)N(Cc1ccco1)Cc1cc(Cl)ccc1OS(=O)(=O)c1ccc(F)cc1. The first-order valence-electron chi connectivity index (χ1n) is 9.06. The lowest BCUT2D eigenvalue weighted by Crippen LogP contribution is -2.33. The van der Waals surface area contributed by atoms with E-state index in [9.17, 15) is 17.6 Å². The summed E-state index contributed by atoms with van der Waals surface area (Å²) in [5.74, 6) is -0.390. The fourth-order valence-corrected chi connectivity index (χ4v) is 3.92. The standard InChI is InChI=1S/C21H19ClFNO6S/c1-28-14-21(25)24(13-18-3-2-10-29-18)12-15-11-16(22)4-9-20(15)30-31(26,27)19-7-5-17(23)6-8-19/h2-11H,12-14H2,1H3. The van der Waals surface area contributed by atoms with Gasteiger partial charge in [0.25, 0.3) is 0 Å². The minimum Gasteiger partial charge on any atom is -0.467 e. The maximum Gasteiger partial charge on any atom is 0.339 e. The van der Waals surface area contributed by atoms with E-state index in [1.807, 2.05) is 0 Å². The zero-order valence-corrected chi connectivity index (χ0v) is 18.0. The minimum absolute atomic E-state index is 0.0108. The van der Waals surface area contributed by atoms with Crippen LogP contribution in [0.15, 0.2) is 70.2 Å². The monoisotopic (exact) mass is 467 g/mol. The quantitative estimate of drug-likeness (QED) is 0.442. The molecule has 0 saturated heterocycles. The molecule has 31 heavy (non-hydrogen) atoms. The number of hydrogen-bond acceptors (Lipinski definition) is 6. The van der Waals surface area contributed by atoms with E-state index < -0.39 is 15.9 Å².